The number of aliphatic hydroxyl groups excluding tert-OH is 1. The summed E-state index contributed by atoms with van der Waals surface area (Å²) in [6, 6.07) is 8.38. The molecule has 0 saturated carbocycles. The van der Waals surface area contributed by atoms with Gasteiger partial charge < -0.3 is 9.52 Å². The van der Waals surface area contributed by atoms with E-state index in [4.69, 9.17) is 9.52 Å². The number of rotatable bonds is 0. The second kappa shape index (κ2) is 3.99. The van der Waals surface area contributed by atoms with Crippen LogP contribution in [-0.4, -0.2) is 11.7 Å². The highest BCUT2D eigenvalue weighted by atomic mass is 16.4. The van der Waals surface area contributed by atoms with Crippen LogP contribution in [0.15, 0.2) is 39.5 Å². The second-order valence-corrected chi connectivity index (χ2v) is 2.97. The van der Waals surface area contributed by atoms with Gasteiger partial charge in [-0.15, -0.1) is 0 Å². The minimum absolute atomic E-state index is 0.184. The van der Waals surface area contributed by atoms with Gasteiger partial charge in [0.1, 0.15) is 12.2 Å². The van der Waals surface area contributed by atoms with Crippen LogP contribution in [0.4, 0.5) is 0 Å². The Hall–Kier alpha value is -2.05. The molecule has 0 aliphatic heterocycles. The fourth-order valence-electron chi connectivity index (χ4n) is 1.28. The maximum Gasteiger partial charge on any atom is 0.336 e. The van der Waals surface area contributed by atoms with Crippen molar-refractivity contribution in [3.63, 3.8) is 0 Å². The topological polar surface area (TPSA) is 50.4 Å². The Morgan fingerprint density at radius 3 is 2.87 bits per heavy atom. The fraction of sp³-hybridized carbons (Fsp3) is 0.0833. The molecule has 2 rings (SSSR count). The van der Waals surface area contributed by atoms with Gasteiger partial charge in [-0.3, -0.25) is 0 Å². The van der Waals surface area contributed by atoms with Crippen molar-refractivity contribution in [1.82, 2.24) is 0 Å². The maximum absolute atomic E-state index is 11.0. The molecule has 3 nitrogen and oxygen atoms in total. The molecule has 0 amide bonds. The number of aliphatic hydroxyl groups is 1. The molecule has 0 aliphatic rings. The van der Waals surface area contributed by atoms with Crippen LogP contribution in [0.25, 0.3) is 11.0 Å². The highest BCUT2D eigenvalue weighted by Crippen LogP contribution is 2.12. The largest absolute Gasteiger partial charge is 0.423 e. The van der Waals surface area contributed by atoms with E-state index in [-0.39, 0.29) is 12.2 Å². The minimum Gasteiger partial charge on any atom is -0.423 e. The molecule has 0 fully saturated rings. The van der Waals surface area contributed by atoms with E-state index in [0.29, 0.717) is 11.1 Å². The summed E-state index contributed by atoms with van der Waals surface area (Å²) in [4.78, 5) is 11.0. The Bertz CT molecular complexity index is 599. The Morgan fingerprint density at radius 2 is 2.07 bits per heavy atom. The molecule has 0 radical (unpaired) electrons. The molecule has 0 saturated heterocycles. The molecular formula is C12H8O3. The second-order valence-electron chi connectivity index (χ2n) is 2.97. The van der Waals surface area contributed by atoms with E-state index < -0.39 is 0 Å². The van der Waals surface area contributed by atoms with Gasteiger partial charge in [0.2, 0.25) is 0 Å². The molecule has 1 aromatic heterocycles. The number of hydrogen-bond donors (Lipinski definition) is 1. The molecule has 2 aromatic rings. The Morgan fingerprint density at radius 1 is 1.27 bits per heavy atom. The zero-order valence-electron chi connectivity index (χ0n) is 7.86. The van der Waals surface area contributed by atoms with E-state index in [1.165, 1.54) is 6.07 Å². The van der Waals surface area contributed by atoms with E-state index >= 15 is 0 Å². The Balaban J connectivity index is 2.59. The summed E-state index contributed by atoms with van der Waals surface area (Å²) in [5.74, 6) is 5.27. The first-order valence-corrected chi connectivity index (χ1v) is 4.43. The lowest BCUT2D eigenvalue weighted by Crippen LogP contribution is -1.94. The van der Waals surface area contributed by atoms with E-state index in [9.17, 15) is 4.79 Å². The van der Waals surface area contributed by atoms with Gasteiger partial charge in [-0.1, -0.05) is 11.8 Å². The number of benzene rings is 1. The van der Waals surface area contributed by atoms with Crippen molar-refractivity contribution < 1.29 is 9.52 Å². The van der Waals surface area contributed by atoms with Crippen LogP contribution in [0.3, 0.4) is 0 Å². The summed E-state index contributed by atoms with van der Waals surface area (Å²) in [5, 5.41) is 9.39. The average Bonchev–Trinajstić information content (AvgIpc) is 2.25. The van der Waals surface area contributed by atoms with Gasteiger partial charge in [0.05, 0.1) is 0 Å². The Kier molecular flexibility index (Phi) is 2.53. The molecule has 0 bridgehead atoms. The van der Waals surface area contributed by atoms with Crippen molar-refractivity contribution in [3.05, 3.63) is 46.3 Å². The lowest BCUT2D eigenvalue weighted by molar-refractivity contribution is 0.350. The third kappa shape index (κ3) is 2.06. The Labute approximate surface area is 86.0 Å². The summed E-state index contributed by atoms with van der Waals surface area (Å²) in [6.07, 6.45) is 0. The van der Waals surface area contributed by atoms with Crippen LogP contribution in [0.2, 0.25) is 0 Å². The van der Waals surface area contributed by atoms with Crippen molar-refractivity contribution in [3.8, 4) is 11.8 Å². The summed E-state index contributed by atoms with van der Waals surface area (Å²) in [6.45, 7) is -0.184. The predicted molar refractivity (Wildman–Crippen MR) is 56.4 cm³/mol. The van der Waals surface area contributed by atoms with E-state index in [1.807, 2.05) is 12.1 Å². The molecule has 1 N–H and O–H groups in total. The maximum atomic E-state index is 11.0. The summed E-state index contributed by atoms with van der Waals surface area (Å²) in [5.41, 5.74) is 0.841. The number of fused-ring (bicyclic) bond motifs is 1. The SMILES string of the molecule is O=c1ccc2ccc(C#CCO)cc2o1. The van der Waals surface area contributed by atoms with Crippen molar-refractivity contribution in [2.24, 2.45) is 0 Å². The van der Waals surface area contributed by atoms with Crippen LogP contribution < -0.4 is 5.63 Å². The molecule has 0 spiro atoms. The third-order valence-corrected chi connectivity index (χ3v) is 1.93. The molecule has 0 atom stereocenters. The summed E-state index contributed by atoms with van der Waals surface area (Å²) < 4.78 is 5.00. The van der Waals surface area contributed by atoms with Crippen molar-refractivity contribution >= 4 is 11.0 Å². The zero-order valence-corrected chi connectivity index (χ0v) is 7.86. The van der Waals surface area contributed by atoms with Crippen molar-refractivity contribution in [1.29, 1.82) is 0 Å². The smallest absolute Gasteiger partial charge is 0.336 e. The molecule has 1 heterocycles. The van der Waals surface area contributed by atoms with E-state index in [2.05, 4.69) is 11.8 Å². The number of hydrogen-bond acceptors (Lipinski definition) is 3. The van der Waals surface area contributed by atoms with Crippen LogP contribution in [0.5, 0.6) is 0 Å². The average molecular weight is 200 g/mol. The van der Waals surface area contributed by atoms with Gasteiger partial charge in [0.25, 0.3) is 0 Å². The molecule has 74 valence electrons. The van der Waals surface area contributed by atoms with Gasteiger partial charge in [0, 0.05) is 17.0 Å². The quantitative estimate of drug-likeness (QED) is 0.512. The van der Waals surface area contributed by atoms with Gasteiger partial charge in [-0.2, -0.15) is 0 Å². The molecule has 0 unspecified atom stereocenters. The van der Waals surface area contributed by atoms with Gasteiger partial charge >= 0.3 is 5.63 Å². The lowest BCUT2D eigenvalue weighted by Gasteiger charge is -1.95. The van der Waals surface area contributed by atoms with Crippen LogP contribution in [0, 0.1) is 11.8 Å². The highest BCUT2D eigenvalue weighted by Gasteiger charge is 1.97. The van der Waals surface area contributed by atoms with Gasteiger partial charge in [-0.05, 0) is 24.3 Å². The monoisotopic (exact) mass is 200 g/mol. The molecule has 15 heavy (non-hydrogen) atoms. The first-order valence-electron chi connectivity index (χ1n) is 4.43. The molecule has 1 aromatic carbocycles. The molecule has 0 aliphatic carbocycles. The standard InChI is InChI=1S/C12H8O3/c13-7-1-2-9-3-4-10-5-6-12(14)15-11(10)8-9/h3-6,8,13H,7H2. The minimum atomic E-state index is -0.380. The van der Waals surface area contributed by atoms with Crippen molar-refractivity contribution in [2.75, 3.05) is 6.61 Å². The van der Waals surface area contributed by atoms with Crippen LogP contribution in [-0.2, 0) is 0 Å². The highest BCUT2D eigenvalue weighted by molar-refractivity contribution is 5.77. The normalized spacial score (nSPS) is 9.67. The third-order valence-electron chi connectivity index (χ3n) is 1.93. The van der Waals surface area contributed by atoms with Gasteiger partial charge in [-0.25, -0.2) is 4.79 Å². The van der Waals surface area contributed by atoms with Crippen LogP contribution in [0.1, 0.15) is 5.56 Å². The first kappa shape index (κ1) is 9.50. The molecular weight excluding hydrogens is 192 g/mol. The van der Waals surface area contributed by atoms with Crippen molar-refractivity contribution in [2.45, 2.75) is 0 Å². The van der Waals surface area contributed by atoms with E-state index in [1.54, 1.807) is 12.1 Å². The summed E-state index contributed by atoms with van der Waals surface area (Å²) in [7, 11) is 0. The molecule has 3 heteroatoms. The van der Waals surface area contributed by atoms with Crippen LogP contribution >= 0.6 is 0 Å². The zero-order chi connectivity index (χ0) is 10.7. The lowest BCUT2D eigenvalue weighted by atomic mass is 10.1. The predicted octanol–water partition coefficient (Wildman–Crippen LogP) is 1.14. The summed E-state index contributed by atoms with van der Waals surface area (Å²) >= 11 is 0. The fourth-order valence-corrected chi connectivity index (χ4v) is 1.28. The van der Waals surface area contributed by atoms with E-state index in [0.717, 1.165) is 5.39 Å². The first-order chi connectivity index (χ1) is 7.29. The van der Waals surface area contributed by atoms with Gasteiger partial charge in [0.15, 0.2) is 0 Å².